The van der Waals surface area contributed by atoms with Crippen molar-refractivity contribution in [1.82, 2.24) is 15.5 Å². The second-order valence-corrected chi connectivity index (χ2v) is 14.6. The van der Waals surface area contributed by atoms with E-state index in [1.165, 1.54) is 4.90 Å². The number of carbonyl (C=O) groups excluding carboxylic acids is 4. The molecule has 0 spiro atoms. The van der Waals surface area contributed by atoms with Crippen LogP contribution in [0, 0.1) is 6.92 Å². The zero-order valence-electron chi connectivity index (χ0n) is 30.1. The Bertz CT molecular complexity index is 1300. The summed E-state index contributed by atoms with van der Waals surface area (Å²) in [7, 11) is 0. The molecule has 9 nitrogen and oxygen atoms in total. The molecular formula is C38H57N3O6S. The maximum atomic E-state index is 14.5. The molecule has 0 bridgehead atoms. The first-order valence-corrected chi connectivity index (χ1v) is 17.7. The molecule has 0 radical (unpaired) electrons. The Morgan fingerprint density at radius 2 is 1.35 bits per heavy atom. The Morgan fingerprint density at radius 1 is 0.771 bits per heavy atom. The van der Waals surface area contributed by atoms with Crippen LogP contribution in [-0.2, 0) is 30.3 Å². The van der Waals surface area contributed by atoms with Gasteiger partial charge in [-0.2, -0.15) is 12.6 Å². The third-order valence-electron chi connectivity index (χ3n) is 7.45. The zero-order chi connectivity index (χ0) is 35.9. The van der Waals surface area contributed by atoms with E-state index in [4.69, 9.17) is 9.47 Å². The molecule has 0 aliphatic rings. The molecule has 3 amide bonds. The van der Waals surface area contributed by atoms with E-state index in [2.05, 4.69) is 30.2 Å². The number of hydrogen-bond acceptors (Lipinski definition) is 7. The van der Waals surface area contributed by atoms with Gasteiger partial charge in [0.25, 0.3) is 0 Å². The normalized spacial score (nSPS) is 13.5. The van der Waals surface area contributed by atoms with Gasteiger partial charge in [0.15, 0.2) is 0 Å². The molecule has 2 aromatic rings. The summed E-state index contributed by atoms with van der Waals surface area (Å²) < 4.78 is 11.2. The van der Waals surface area contributed by atoms with Crippen molar-refractivity contribution in [2.24, 2.45) is 0 Å². The van der Waals surface area contributed by atoms with Crippen LogP contribution in [0.25, 0.3) is 0 Å². The molecule has 3 unspecified atom stereocenters. The highest BCUT2D eigenvalue weighted by atomic mass is 32.1. The van der Waals surface area contributed by atoms with E-state index in [1.807, 2.05) is 61.5 Å². The predicted molar refractivity (Wildman–Crippen MR) is 194 cm³/mol. The summed E-state index contributed by atoms with van der Waals surface area (Å²) in [4.78, 5) is 56.6. The van der Waals surface area contributed by atoms with E-state index in [9.17, 15) is 19.2 Å². The monoisotopic (exact) mass is 683 g/mol. The average molecular weight is 684 g/mol. The Labute approximate surface area is 293 Å². The average Bonchev–Trinajstić information content (AvgIpc) is 2.99. The van der Waals surface area contributed by atoms with Gasteiger partial charge in [0, 0.05) is 18.7 Å². The van der Waals surface area contributed by atoms with Gasteiger partial charge >= 0.3 is 12.1 Å². The first-order valence-electron chi connectivity index (χ1n) is 17.1. The van der Waals surface area contributed by atoms with Crippen LogP contribution >= 0.6 is 12.6 Å². The van der Waals surface area contributed by atoms with E-state index in [1.54, 1.807) is 41.5 Å². The topological polar surface area (TPSA) is 114 Å². The van der Waals surface area contributed by atoms with Crippen LogP contribution in [0.1, 0.15) is 110 Å². The van der Waals surface area contributed by atoms with Crippen molar-refractivity contribution in [3.63, 3.8) is 0 Å². The summed E-state index contributed by atoms with van der Waals surface area (Å²) in [6.07, 6.45) is 5.30. The Hall–Kier alpha value is -3.53. The van der Waals surface area contributed by atoms with Gasteiger partial charge in [-0.25, -0.2) is 9.59 Å². The van der Waals surface area contributed by atoms with Crippen LogP contribution in [0.2, 0.25) is 0 Å². The van der Waals surface area contributed by atoms with Crippen molar-refractivity contribution in [3.8, 4) is 0 Å². The smallest absolute Gasteiger partial charge is 0.408 e. The van der Waals surface area contributed by atoms with Crippen LogP contribution in [0.4, 0.5) is 4.79 Å². The third kappa shape index (κ3) is 14.7. The molecular weight excluding hydrogens is 627 g/mol. The Kier molecular flexibility index (Phi) is 16.5. The standard InChI is InChI=1S/C38H57N3O6S/c1-9-10-11-12-13-17-24-41(34(43)31(26-48)40-36(45)47-38(6,7)8)32(29-22-20-27(2)21-23-29)33(42)39-30(35(44)46-37(3,4)5)25-28-18-15-14-16-19-28/h14-16,18-23,30-32,48H,9-13,17,24-26H2,1-8H3,(H,39,42)(H,40,45). The summed E-state index contributed by atoms with van der Waals surface area (Å²) in [5, 5.41) is 5.60. The van der Waals surface area contributed by atoms with Gasteiger partial charge in [0.1, 0.15) is 29.3 Å². The molecule has 2 rings (SSSR count). The Morgan fingerprint density at radius 3 is 1.92 bits per heavy atom. The van der Waals surface area contributed by atoms with Crippen molar-refractivity contribution in [3.05, 3.63) is 71.3 Å². The minimum Gasteiger partial charge on any atom is -0.458 e. The van der Waals surface area contributed by atoms with Gasteiger partial charge in [0.2, 0.25) is 11.8 Å². The summed E-state index contributed by atoms with van der Waals surface area (Å²) in [5.74, 6) is -1.58. The number of hydrogen-bond donors (Lipinski definition) is 3. The molecule has 10 heteroatoms. The number of carbonyl (C=O) groups is 4. The number of thiol groups is 1. The quantitative estimate of drug-likeness (QED) is 0.0930. The number of benzene rings is 2. The molecule has 0 heterocycles. The minimum atomic E-state index is -1.10. The highest BCUT2D eigenvalue weighted by Crippen LogP contribution is 2.25. The second-order valence-electron chi connectivity index (χ2n) is 14.3. The third-order valence-corrected chi connectivity index (χ3v) is 7.82. The molecule has 0 aliphatic carbocycles. The minimum absolute atomic E-state index is 0.0120. The number of nitrogens with zero attached hydrogens (tertiary/aromatic N) is 1. The number of nitrogens with one attached hydrogen (secondary N) is 2. The fourth-order valence-electron chi connectivity index (χ4n) is 5.15. The SMILES string of the molecule is CCCCCCCCN(C(=O)C(CS)NC(=O)OC(C)(C)C)C(C(=O)NC(Cc1ccccc1)C(=O)OC(C)(C)C)c1ccc(C)cc1. The molecule has 3 atom stereocenters. The van der Waals surface area contributed by atoms with Gasteiger partial charge in [-0.3, -0.25) is 9.59 Å². The van der Waals surface area contributed by atoms with Gasteiger partial charge in [-0.05, 0) is 66.0 Å². The fraction of sp³-hybridized carbons (Fsp3) is 0.579. The molecule has 266 valence electrons. The number of unbranched alkanes of at least 4 members (excludes halogenated alkanes) is 5. The molecule has 0 saturated heterocycles. The van der Waals surface area contributed by atoms with Crippen molar-refractivity contribution < 1.29 is 28.7 Å². The van der Waals surface area contributed by atoms with E-state index >= 15 is 0 Å². The van der Waals surface area contributed by atoms with Crippen molar-refractivity contribution >= 4 is 36.5 Å². The lowest BCUT2D eigenvalue weighted by molar-refractivity contribution is -0.159. The van der Waals surface area contributed by atoms with Crippen molar-refractivity contribution in [1.29, 1.82) is 0 Å². The van der Waals surface area contributed by atoms with Gasteiger partial charge in [0.05, 0.1) is 0 Å². The highest BCUT2D eigenvalue weighted by Gasteiger charge is 2.38. The second kappa shape index (κ2) is 19.5. The predicted octanol–water partition coefficient (Wildman–Crippen LogP) is 7.12. The number of esters is 1. The van der Waals surface area contributed by atoms with Crippen LogP contribution in [0.5, 0.6) is 0 Å². The van der Waals surface area contributed by atoms with Crippen LogP contribution in [0.3, 0.4) is 0 Å². The Balaban J connectivity index is 2.55. The van der Waals surface area contributed by atoms with Gasteiger partial charge < -0.3 is 25.0 Å². The number of ether oxygens (including phenoxy) is 2. The van der Waals surface area contributed by atoms with E-state index in [0.717, 1.165) is 43.2 Å². The lowest BCUT2D eigenvalue weighted by Gasteiger charge is -2.35. The van der Waals surface area contributed by atoms with Crippen molar-refractivity contribution in [2.75, 3.05) is 12.3 Å². The largest absolute Gasteiger partial charge is 0.458 e. The summed E-state index contributed by atoms with van der Waals surface area (Å²) in [6, 6.07) is 13.6. The summed E-state index contributed by atoms with van der Waals surface area (Å²) in [5.41, 5.74) is 0.862. The van der Waals surface area contributed by atoms with Crippen LogP contribution in [-0.4, -0.2) is 64.4 Å². The molecule has 2 N–H and O–H groups in total. The molecule has 2 aromatic carbocycles. The number of amides is 3. The molecule has 0 saturated carbocycles. The molecule has 0 aliphatic heterocycles. The van der Waals surface area contributed by atoms with E-state index < -0.39 is 53.2 Å². The molecule has 0 aromatic heterocycles. The van der Waals surface area contributed by atoms with Crippen LogP contribution < -0.4 is 10.6 Å². The number of rotatable bonds is 17. The fourth-order valence-corrected chi connectivity index (χ4v) is 5.40. The first-order chi connectivity index (χ1) is 22.5. The summed E-state index contributed by atoms with van der Waals surface area (Å²) in [6.45, 7) is 14.9. The lowest BCUT2D eigenvalue weighted by Crippen LogP contribution is -2.55. The van der Waals surface area contributed by atoms with Crippen molar-refractivity contribution in [2.45, 2.75) is 130 Å². The zero-order valence-corrected chi connectivity index (χ0v) is 31.0. The van der Waals surface area contributed by atoms with E-state index in [-0.39, 0.29) is 18.7 Å². The molecule has 48 heavy (non-hydrogen) atoms. The van der Waals surface area contributed by atoms with E-state index in [0.29, 0.717) is 12.0 Å². The highest BCUT2D eigenvalue weighted by molar-refractivity contribution is 7.80. The number of aryl methyl sites for hydroxylation is 1. The lowest BCUT2D eigenvalue weighted by atomic mass is 9.99. The van der Waals surface area contributed by atoms with Gasteiger partial charge in [-0.15, -0.1) is 0 Å². The maximum Gasteiger partial charge on any atom is 0.408 e. The first kappa shape index (κ1) is 40.6. The molecule has 0 fully saturated rings. The summed E-state index contributed by atoms with van der Waals surface area (Å²) >= 11 is 4.40. The van der Waals surface area contributed by atoms with Gasteiger partial charge in [-0.1, -0.05) is 99.2 Å². The maximum absolute atomic E-state index is 14.5. The number of alkyl carbamates (subject to hydrolysis) is 1. The van der Waals surface area contributed by atoms with Crippen LogP contribution in [0.15, 0.2) is 54.6 Å².